The third-order valence-electron chi connectivity index (χ3n) is 3.30. The van der Waals surface area contributed by atoms with E-state index in [2.05, 4.69) is 18.4 Å². The van der Waals surface area contributed by atoms with Gasteiger partial charge in [0.2, 0.25) is 0 Å². The molecule has 1 fully saturated rings. The largest absolute Gasteiger partial charge is 0.378 e. The van der Waals surface area contributed by atoms with Gasteiger partial charge in [-0.1, -0.05) is 0 Å². The summed E-state index contributed by atoms with van der Waals surface area (Å²) in [5, 5.41) is 2.13. The molecule has 2 nitrogen and oxygen atoms in total. The molecule has 90 valence electrons. The van der Waals surface area contributed by atoms with E-state index in [9.17, 15) is 0 Å². The van der Waals surface area contributed by atoms with Gasteiger partial charge in [0.15, 0.2) is 0 Å². The molecular formula is C13H21NOS. The number of rotatable bonds is 5. The Morgan fingerprint density at radius 3 is 3.12 bits per heavy atom. The van der Waals surface area contributed by atoms with Crippen LogP contribution in [0, 0.1) is 6.92 Å². The first kappa shape index (κ1) is 12.1. The van der Waals surface area contributed by atoms with Crippen LogP contribution < -0.4 is 5.73 Å². The van der Waals surface area contributed by atoms with Crippen molar-refractivity contribution in [1.82, 2.24) is 0 Å². The van der Waals surface area contributed by atoms with E-state index in [1.807, 2.05) is 0 Å². The molecule has 2 atom stereocenters. The predicted molar refractivity (Wildman–Crippen MR) is 68.8 cm³/mol. The minimum Gasteiger partial charge on any atom is -0.378 e. The van der Waals surface area contributed by atoms with Crippen molar-refractivity contribution in [2.45, 2.75) is 51.2 Å². The fourth-order valence-corrected chi connectivity index (χ4v) is 3.30. The third-order valence-corrected chi connectivity index (χ3v) is 4.45. The van der Waals surface area contributed by atoms with Gasteiger partial charge < -0.3 is 10.5 Å². The quantitative estimate of drug-likeness (QED) is 0.854. The highest BCUT2D eigenvalue weighted by Crippen LogP contribution is 2.27. The van der Waals surface area contributed by atoms with E-state index in [1.54, 1.807) is 11.3 Å². The number of hydrogen-bond donors (Lipinski definition) is 1. The number of aryl methyl sites for hydroxylation is 1. The lowest BCUT2D eigenvalue weighted by Gasteiger charge is -2.13. The van der Waals surface area contributed by atoms with E-state index < -0.39 is 0 Å². The minimum atomic E-state index is 0.224. The molecule has 0 saturated carbocycles. The Balaban J connectivity index is 1.71. The molecule has 0 aromatic carbocycles. The van der Waals surface area contributed by atoms with Crippen molar-refractivity contribution >= 4 is 11.3 Å². The summed E-state index contributed by atoms with van der Waals surface area (Å²) in [5.41, 5.74) is 7.54. The maximum atomic E-state index is 6.19. The second-order valence-corrected chi connectivity index (χ2v) is 5.59. The van der Waals surface area contributed by atoms with Crippen molar-refractivity contribution in [2.24, 2.45) is 5.73 Å². The molecule has 2 unspecified atom stereocenters. The lowest BCUT2D eigenvalue weighted by atomic mass is 10.0. The normalized spacial score (nSPS) is 22.5. The number of hydrogen-bond acceptors (Lipinski definition) is 3. The van der Waals surface area contributed by atoms with Crippen molar-refractivity contribution in [3.8, 4) is 0 Å². The van der Waals surface area contributed by atoms with Crippen molar-refractivity contribution < 1.29 is 4.74 Å². The topological polar surface area (TPSA) is 35.2 Å². The lowest BCUT2D eigenvalue weighted by Crippen LogP contribution is -2.11. The van der Waals surface area contributed by atoms with Gasteiger partial charge in [0.1, 0.15) is 0 Å². The summed E-state index contributed by atoms with van der Waals surface area (Å²) in [7, 11) is 0. The van der Waals surface area contributed by atoms with Gasteiger partial charge in [0.25, 0.3) is 0 Å². The molecule has 1 aromatic rings. The fourth-order valence-electron chi connectivity index (χ4n) is 2.33. The number of nitrogens with two attached hydrogens (primary N) is 1. The second-order valence-electron chi connectivity index (χ2n) is 4.64. The Hall–Kier alpha value is -0.380. The van der Waals surface area contributed by atoms with Gasteiger partial charge in [0, 0.05) is 17.5 Å². The average molecular weight is 239 g/mol. The van der Waals surface area contributed by atoms with Gasteiger partial charge in [-0.05, 0) is 56.0 Å². The van der Waals surface area contributed by atoms with Crippen LogP contribution in [0.2, 0.25) is 0 Å². The molecule has 1 aromatic heterocycles. The third kappa shape index (κ3) is 3.06. The summed E-state index contributed by atoms with van der Waals surface area (Å²) in [4.78, 5) is 1.35. The van der Waals surface area contributed by atoms with Crippen LogP contribution in [-0.2, 0) is 4.74 Å². The van der Waals surface area contributed by atoms with E-state index in [0.717, 1.165) is 13.0 Å². The van der Waals surface area contributed by atoms with E-state index in [0.29, 0.717) is 6.10 Å². The van der Waals surface area contributed by atoms with Gasteiger partial charge >= 0.3 is 0 Å². The van der Waals surface area contributed by atoms with E-state index in [4.69, 9.17) is 10.5 Å². The standard InChI is InChI=1S/C13H21NOS/c1-10-7-9-16-13(10)12(14)6-2-4-11-5-3-8-15-11/h7,9,11-12H,2-6,8,14H2,1H3. The molecule has 0 radical (unpaired) electrons. The Labute approximate surface area is 102 Å². The fraction of sp³-hybridized carbons (Fsp3) is 0.692. The lowest BCUT2D eigenvalue weighted by molar-refractivity contribution is 0.101. The first-order valence-corrected chi connectivity index (χ1v) is 7.06. The first-order valence-electron chi connectivity index (χ1n) is 6.18. The molecule has 0 aliphatic carbocycles. The number of thiophene rings is 1. The van der Waals surface area contributed by atoms with Crippen LogP contribution in [0.1, 0.15) is 48.6 Å². The van der Waals surface area contributed by atoms with E-state index in [1.165, 1.54) is 36.1 Å². The van der Waals surface area contributed by atoms with Gasteiger partial charge in [-0.25, -0.2) is 0 Å². The summed E-state index contributed by atoms with van der Waals surface area (Å²) < 4.78 is 5.61. The van der Waals surface area contributed by atoms with Crippen LogP contribution >= 0.6 is 11.3 Å². The van der Waals surface area contributed by atoms with Crippen molar-refractivity contribution in [3.05, 3.63) is 21.9 Å². The molecule has 2 rings (SSSR count). The van der Waals surface area contributed by atoms with Crippen LogP contribution in [0.4, 0.5) is 0 Å². The molecule has 1 aliphatic heterocycles. The average Bonchev–Trinajstić information content (AvgIpc) is 2.88. The highest BCUT2D eigenvalue weighted by Gasteiger charge is 2.16. The molecule has 2 N–H and O–H groups in total. The zero-order chi connectivity index (χ0) is 11.4. The first-order chi connectivity index (χ1) is 7.77. The SMILES string of the molecule is Cc1ccsc1C(N)CCCC1CCCO1. The highest BCUT2D eigenvalue weighted by molar-refractivity contribution is 7.10. The van der Waals surface area contributed by atoms with Gasteiger partial charge in [-0.15, -0.1) is 11.3 Å². The molecular weight excluding hydrogens is 218 g/mol. The molecule has 0 bridgehead atoms. The van der Waals surface area contributed by atoms with Crippen LogP contribution in [0.5, 0.6) is 0 Å². The Morgan fingerprint density at radius 1 is 1.62 bits per heavy atom. The van der Waals surface area contributed by atoms with Gasteiger partial charge in [-0.3, -0.25) is 0 Å². The summed E-state index contributed by atoms with van der Waals surface area (Å²) in [6.07, 6.45) is 6.44. The van der Waals surface area contributed by atoms with Crippen LogP contribution in [0.25, 0.3) is 0 Å². The van der Waals surface area contributed by atoms with E-state index >= 15 is 0 Å². The summed E-state index contributed by atoms with van der Waals surface area (Å²) in [6, 6.07) is 2.38. The molecule has 16 heavy (non-hydrogen) atoms. The monoisotopic (exact) mass is 239 g/mol. The van der Waals surface area contributed by atoms with Crippen LogP contribution in [0.15, 0.2) is 11.4 Å². The van der Waals surface area contributed by atoms with Crippen LogP contribution in [0.3, 0.4) is 0 Å². The summed E-state index contributed by atoms with van der Waals surface area (Å²) >= 11 is 1.78. The second kappa shape index (κ2) is 5.80. The molecule has 3 heteroatoms. The predicted octanol–water partition coefficient (Wildman–Crippen LogP) is 3.41. The minimum absolute atomic E-state index is 0.224. The van der Waals surface area contributed by atoms with E-state index in [-0.39, 0.29) is 6.04 Å². The van der Waals surface area contributed by atoms with Crippen molar-refractivity contribution in [1.29, 1.82) is 0 Å². The summed E-state index contributed by atoms with van der Waals surface area (Å²) in [5.74, 6) is 0. The zero-order valence-corrected chi connectivity index (χ0v) is 10.8. The Bertz CT molecular complexity index is 317. The Kier molecular flexibility index (Phi) is 4.38. The number of ether oxygens (including phenoxy) is 1. The molecule has 2 heterocycles. The van der Waals surface area contributed by atoms with Crippen molar-refractivity contribution in [3.63, 3.8) is 0 Å². The summed E-state index contributed by atoms with van der Waals surface area (Å²) in [6.45, 7) is 3.10. The smallest absolute Gasteiger partial charge is 0.0576 e. The molecule has 0 spiro atoms. The zero-order valence-electron chi connectivity index (χ0n) is 9.95. The van der Waals surface area contributed by atoms with Gasteiger partial charge in [-0.2, -0.15) is 0 Å². The molecule has 1 saturated heterocycles. The maximum Gasteiger partial charge on any atom is 0.0576 e. The van der Waals surface area contributed by atoms with Crippen molar-refractivity contribution in [2.75, 3.05) is 6.61 Å². The molecule has 1 aliphatic rings. The van der Waals surface area contributed by atoms with Gasteiger partial charge in [0.05, 0.1) is 6.10 Å². The highest BCUT2D eigenvalue weighted by atomic mass is 32.1. The maximum absolute atomic E-state index is 6.19. The Morgan fingerprint density at radius 2 is 2.50 bits per heavy atom. The van der Waals surface area contributed by atoms with Crippen LogP contribution in [-0.4, -0.2) is 12.7 Å². The molecule has 0 amide bonds.